The highest BCUT2D eigenvalue weighted by Crippen LogP contribution is 2.32. The van der Waals surface area contributed by atoms with Gasteiger partial charge in [0.25, 0.3) is 5.91 Å². The number of nitrogens with one attached hydrogen (secondary N) is 1. The van der Waals surface area contributed by atoms with Crippen LogP contribution in [-0.4, -0.2) is 29.3 Å². The summed E-state index contributed by atoms with van der Waals surface area (Å²) in [5.74, 6) is 0.611. The van der Waals surface area contributed by atoms with E-state index < -0.39 is 0 Å². The second kappa shape index (κ2) is 8.77. The zero-order chi connectivity index (χ0) is 21.0. The molecule has 7 nitrogen and oxygen atoms in total. The lowest BCUT2D eigenvalue weighted by Crippen LogP contribution is -2.29. The fraction of sp³-hybridized carbons (Fsp3) is 0.261. The minimum atomic E-state index is -0.189. The van der Waals surface area contributed by atoms with Crippen molar-refractivity contribution >= 4 is 39.7 Å². The number of fused-ring (bicyclic) bond motifs is 1. The topological polar surface area (TPSA) is 80.5 Å². The van der Waals surface area contributed by atoms with Gasteiger partial charge in [0.1, 0.15) is 12.4 Å². The maximum atomic E-state index is 12.8. The van der Waals surface area contributed by atoms with Crippen molar-refractivity contribution in [2.45, 2.75) is 25.9 Å². The molecule has 3 heterocycles. The number of para-hydroxylation sites is 1. The van der Waals surface area contributed by atoms with Crippen LogP contribution in [0.1, 0.15) is 34.5 Å². The van der Waals surface area contributed by atoms with Gasteiger partial charge in [-0.3, -0.25) is 4.79 Å². The fourth-order valence-electron chi connectivity index (χ4n) is 3.78. The Morgan fingerprint density at radius 1 is 1.06 bits per heavy atom. The predicted molar refractivity (Wildman–Crippen MR) is 121 cm³/mol. The van der Waals surface area contributed by atoms with Crippen molar-refractivity contribution in [3.63, 3.8) is 0 Å². The number of nitrogens with zero attached hydrogens (tertiary/aromatic N) is 3. The van der Waals surface area contributed by atoms with Gasteiger partial charge in [0, 0.05) is 18.7 Å². The van der Waals surface area contributed by atoms with Gasteiger partial charge >= 0.3 is 0 Å². The Bertz CT molecular complexity index is 1180. The average molecular weight is 435 g/mol. The quantitative estimate of drug-likeness (QED) is 0.454. The number of piperidine rings is 1. The standard InChI is InChI=1S/C23H22N4O3S/c28-23(20-13-16(15-31-20)14-29-17-7-3-1-4-8-17)24-18-9-10-19(22-21(18)25-30-26-22)27-11-5-2-6-12-27/h1,3-4,7-10,13,15H,2,5-6,11-12,14H2,(H,24,28). The third-order valence-corrected chi connectivity index (χ3v) is 6.34. The van der Waals surface area contributed by atoms with Crippen molar-refractivity contribution < 1.29 is 14.2 Å². The van der Waals surface area contributed by atoms with Crippen molar-refractivity contribution in [1.82, 2.24) is 10.3 Å². The van der Waals surface area contributed by atoms with Crippen LogP contribution in [0.15, 0.2) is 58.5 Å². The van der Waals surface area contributed by atoms with Crippen molar-refractivity contribution in [1.29, 1.82) is 0 Å². The molecule has 0 radical (unpaired) electrons. The van der Waals surface area contributed by atoms with E-state index >= 15 is 0 Å². The highest BCUT2D eigenvalue weighted by atomic mass is 32.1. The first-order valence-corrected chi connectivity index (χ1v) is 11.2. The molecule has 1 aliphatic heterocycles. The predicted octanol–water partition coefficient (Wildman–Crippen LogP) is 5.11. The summed E-state index contributed by atoms with van der Waals surface area (Å²) >= 11 is 1.39. The number of carbonyl (C=O) groups excluding carboxylic acids is 1. The van der Waals surface area contributed by atoms with E-state index in [0.717, 1.165) is 30.1 Å². The van der Waals surface area contributed by atoms with Crippen molar-refractivity contribution in [2.75, 3.05) is 23.3 Å². The van der Waals surface area contributed by atoms with Crippen LogP contribution in [0, 0.1) is 0 Å². The second-order valence-corrected chi connectivity index (χ2v) is 8.43. The number of hydrogen-bond donors (Lipinski definition) is 1. The largest absolute Gasteiger partial charge is 0.489 e. The molecule has 1 fully saturated rings. The van der Waals surface area contributed by atoms with E-state index in [1.807, 2.05) is 53.9 Å². The number of benzene rings is 2. The van der Waals surface area contributed by atoms with Crippen LogP contribution >= 0.6 is 11.3 Å². The molecule has 0 spiro atoms. The Balaban J connectivity index is 1.29. The van der Waals surface area contributed by atoms with Crippen LogP contribution < -0.4 is 15.0 Å². The molecule has 1 N–H and O–H groups in total. The summed E-state index contributed by atoms with van der Waals surface area (Å²) in [6, 6.07) is 15.3. The number of aromatic nitrogens is 2. The molecule has 4 aromatic rings. The summed E-state index contributed by atoms with van der Waals surface area (Å²) in [7, 11) is 0. The van der Waals surface area contributed by atoms with Crippen LogP contribution in [0.2, 0.25) is 0 Å². The van der Waals surface area contributed by atoms with Crippen LogP contribution in [0.4, 0.5) is 11.4 Å². The van der Waals surface area contributed by atoms with Gasteiger partial charge in [-0.15, -0.1) is 11.3 Å². The zero-order valence-electron chi connectivity index (χ0n) is 16.9. The molecule has 2 aromatic carbocycles. The van der Waals surface area contributed by atoms with Crippen LogP contribution in [0.3, 0.4) is 0 Å². The van der Waals surface area contributed by atoms with Gasteiger partial charge in [-0.1, -0.05) is 18.2 Å². The molecule has 8 heteroatoms. The number of amides is 1. The van der Waals surface area contributed by atoms with Gasteiger partial charge in [0.05, 0.1) is 16.3 Å². The minimum absolute atomic E-state index is 0.189. The van der Waals surface area contributed by atoms with Crippen molar-refractivity contribution in [3.05, 3.63) is 64.4 Å². The maximum Gasteiger partial charge on any atom is 0.265 e. The lowest BCUT2D eigenvalue weighted by Gasteiger charge is -2.28. The highest BCUT2D eigenvalue weighted by molar-refractivity contribution is 7.12. The molecular weight excluding hydrogens is 412 g/mol. The average Bonchev–Trinajstić information content (AvgIpc) is 3.50. The summed E-state index contributed by atoms with van der Waals surface area (Å²) in [5.41, 5.74) is 3.80. The van der Waals surface area contributed by atoms with E-state index in [0.29, 0.717) is 28.2 Å². The van der Waals surface area contributed by atoms with E-state index in [2.05, 4.69) is 20.5 Å². The summed E-state index contributed by atoms with van der Waals surface area (Å²) < 4.78 is 10.8. The number of carbonyl (C=O) groups is 1. The number of thiophene rings is 1. The normalized spacial score (nSPS) is 14.0. The van der Waals surface area contributed by atoms with E-state index in [1.54, 1.807) is 0 Å². The number of rotatable bonds is 6. The summed E-state index contributed by atoms with van der Waals surface area (Å²) in [6.07, 6.45) is 3.59. The van der Waals surface area contributed by atoms with Crippen LogP contribution in [0.5, 0.6) is 5.75 Å². The van der Waals surface area contributed by atoms with Gasteiger partial charge in [-0.2, -0.15) is 0 Å². The summed E-state index contributed by atoms with van der Waals surface area (Å²) in [6.45, 7) is 2.41. The molecular formula is C23H22N4O3S. The van der Waals surface area contributed by atoms with E-state index in [9.17, 15) is 4.79 Å². The maximum absolute atomic E-state index is 12.8. The van der Waals surface area contributed by atoms with Crippen molar-refractivity contribution in [2.24, 2.45) is 0 Å². The molecule has 1 aliphatic rings. The number of hydrogen-bond acceptors (Lipinski definition) is 7. The Hall–Kier alpha value is -3.39. The first-order chi connectivity index (χ1) is 15.3. The Morgan fingerprint density at radius 3 is 2.71 bits per heavy atom. The third-order valence-electron chi connectivity index (χ3n) is 5.37. The smallest absolute Gasteiger partial charge is 0.265 e. The molecule has 0 saturated carbocycles. The minimum Gasteiger partial charge on any atom is -0.489 e. The van der Waals surface area contributed by atoms with Gasteiger partial charge in [0.15, 0.2) is 11.0 Å². The molecule has 1 saturated heterocycles. The molecule has 31 heavy (non-hydrogen) atoms. The molecule has 0 bridgehead atoms. The summed E-state index contributed by atoms with van der Waals surface area (Å²) in [4.78, 5) is 15.7. The lowest BCUT2D eigenvalue weighted by atomic mass is 10.1. The van der Waals surface area contributed by atoms with Gasteiger partial charge in [-0.25, -0.2) is 4.63 Å². The Labute approximate surface area is 183 Å². The first kappa shape index (κ1) is 19.6. The molecule has 1 amide bonds. The van der Waals surface area contributed by atoms with Gasteiger partial charge < -0.3 is 15.0 Å². The molecule has 0 atom stereocenters. The van der Waals surface area contributed by atoms with Crippen LogP contribution in [-0.2, 0) is 6.61 Å². The van der Waals surface area contributed by atoms with Crippen LogP contribution in [0.25, 0.3) is 11.0 Å². The summed E-state index contributed by atoms with van der Waals surface area (Å²) in [5, 5.41) is 13.0. The number of anilines is 2. The molecule has 2 aromatic heterocycles. The van der Waals surface area contributed by atoms with Gasteiger partial charge in [0.2, 0.25) is 0 Å². The van der Waals surface area contributed by atoms with E-state index in [-0.39, 0.29) is 5.91 Å². The Kier molecular flexibility index (Phi) is 5.54. The highest BCUT2D eigenvalue weighted by Gasteiger charge is 2.20. The monoisotopic (exact) mass is 434 g/mol. The molecule has 158 valence electrons. The van der Waals surface area contributed by atoms with E-state index in [1.165, 1.54) is 30.6 Å². The SMILES string of the molecule is O=C(Nc1ccc(N2CCCCC2)c2nonc12)c1cc(COc2ccccc2)cs1. The molecule has 5 rings (SSSR count). The zero-order valence-corrected chi connectivity index (χ0v) is 17.7. The third kappa shape index (κ3) is 4.25. The lowest BCUT2D eigenvalue weighted by molar-refractivity contribution is 0.103. The first-order valence-electron chi connectivity index (χ1n) is 10.3. The molecule has 0 aliphatic carbocycles. The van der Waals surface area contributed by atoms with Gasteiger partial charge in [-0.05, 0) is 65.3 Å². The van der Waals surface area contributed by atoms with E-state index in [4.69, 9.17) is 9.37 Å². The second-order valence-electron chi connectivity index (χ2n) is 7.52. The number of ether oxygens (including phenoxy) is 1. The fourth-order valence-corrected chi connectivity index (χ4v) is 4.57. The molecule has 0 unspecified atom stereocenters. The van der Waals surface area contributed by atoms with Crippen molar-refractivity contribution in [3.8, 4) is 5.75 Å². The Morgan fingerprint density at radius 2 is 1.87 bits per heavy atom.